The Kier molecular flexibility index (Phi) is 5.85. The number of nitrogens with zero attached hydrogens (tertiary/aromatic N) is 1. The van der Waals surface area contributed by atoms with Gasteiger partial charge in [0.25, 0.3) is 0 Å². The summed E-state index contributed by atoms with van der Waals surface area (Å²) in [5.41, 5.74) is 4.56. The fraction of sp³-hybridized carbons (Fsp3) is 0.500. The maximum atomic E-state index is 13.1. The number of carbonyl (C=O) groups is 2. The van der Waals surface area contributed by atoms with E-state index in [1.807, 2.05) is 39.0 Å². The van der Waals surface area contributed by atoms with E-state index in [0.717, 1.165) is 52.7 Å². The average molecular weight is 516 g/mol. The van der Waals surface area contributed by atoms with E-state index in [4.69, 9.17) is 9.47 Å². The highest BCUT2D eigenvalue weighted by molar-refractivity contribution is 5.99. The molecule has 2 aromatic carbocycles. The van der Waals surface area contributed by atoms with E-state index < -0.39 is 17.0 Å². The van der Waals surface area contributed by atoms with E-state index in [2.05, 4.69) is 22.8 Å². The summed E-state index contributed by atoms with van der Waals surface area (Å²) in [5, 5.41) is 11.7. The molecule has 0 amide bonds. The molecule has 2 heterocycles. The number of carboxylic acid groups (broad SMARTS) is 1. The van der Waals surface area contributed by atoms with Gasteiger partial charge in [0.05, 0.1) is 23.8 Å². The van der Waals surface area contributed by atoms with Crippen LogP contribution in [-0.2, 0) is 16.1 Å². The summed E-state index contributed by atoms with van der Waals surface area (Å²) in [4.78, 5) is 26.0. The minimum absolute atomic E-state index is 0.0757. The fourth-order valence-electron chi connectivity index (χ4n) is 7.16. The normalized spacial score (nSPS) is 23.0. The summed E-state index contributed by atoms with van der Waals surface area (Å²) in [6.45, 7) is 5.99. The molecule has 200 valence electrons. The zero-order valence-electron chi connectivity index (χ0n) is 22.8. The SMILES string of the molecule is COc1ccc2c(c1)[C@H]1CC[C@@]1(C(=O)O)Cn1c-2c(C2CCCCC2)c2ccc(C(=O)OC(C)(C)C)cc21. The highest BCUT2D eigenvalue weighted by Crippen LogP contribution is 2.60. The van der Waals surface area contributed by atoms with Crippen LogP contribution >= 0.6 is 0 Å². The van der Waals surface area contributed by atoms with Gasteiger partial charge in [-0.25, -0.2) is 4.79 Å². The Morgan fingerprint density at radius 2 is 1.79 bits per heavy atom. The van der Waals surface area contributed by atoms with Crippen LogP contribution in [0.4, 0.5) is 0 Å². The minimum Gasteiger partial charge on any atom is -0.497 e. The van der Waals surface area contributed by atoms with Crippen LogP contribution in [0, 0.1) is 5.41 Å². The quantitative estimate of drug-likeness (QED) is 0.369. The molecule has 2 fully saturated rings. The van der Waals surface area contributed by atoms with E-state index in [1.54, 1.807) is 7.11 Å². The lowest BCUT2D eigenvalue weighted by Crippen LogP contribution is -2.47. The van der Waals surface area contributed by atoms with Gasteiger partial charge >= 0.3 is 11.9 Å². The summed E-state index contributed by atoms with van der Waals surface area (Å²) in [6, 6.07) is 12.0. The molecule has 6 heteroatoms. The molecule has 3 aliphatic rings. The van der Waals surface area contributed by atoms with Gasteiger partial charge in [0.15, 0.2) is 0 Å². The van der Waals surface area contributed by atoms with Crippen molar-refractivity contribution in [2.45, 2.75) is 89.7 Å². The van der Waals surface area contributed by atoms with Crippen LogP contribution in [0.1, 0.15) is 99.0 Å². The van der Waals surface area contributed by atoms with Crippen LogP contribution in [0.3, 0.4) is 0 Å². The first-order valence-corrected chi connectivity index (χ1v) is 13.9. The van der Waals surface area contributed by atoms with Crippen molar-refractivity contribution in [3.8, 4) is 17.0 Å². The monoisotopic (exact) mass is 515 g/mol. The first-order chi connectivity index (χ1) is 18.1. The van der Waals surface area contributed by atoms with Crippen LogP contribution in [0.5, 0.6) is 5.75 Å². The second-order valence-electron chi connectivity index (χ2n) is 12.4. The highest BCUT2D eigenvalue weighted by Gasteiger charge is 2.56. The number of aliphatic carboxylic acids is 1. The maximum Gasteiger partial charge on any atom is 0.338 e. The van der Waals surface area contributed by atoms with Gasteiger partial charge in [0, 0.05) is 28.9 Å². The lowest BCUT2D eigenvalue weighted by Gasteiger charge is -2.46. The number of methoxy groups -OCH3 is 1. The van der Waals surface area contributed by atoms with Crippen molar-refractivity contribution in [1.29, 1.82) is 0 Å². The fourth-order valence-corrected chi connectivity index (χ4v) is 7.16. The Hall–Kier alpha value is -3.28. The Morgan fingerprint density at radius 3 is 2.42 bits per heavy atom. The number of carboxylic acids is 1. The van der Waals surface area contributed by atoms with E-state index in [1.165, 1.54) is 24.8 Å². The van der Waals surface area contributed by atoms with Crippen molar-refractivity contribution in [2.24, 2.45) is 5.41 Å². The zero-order valence-corrected chi connectivity index (χ0v) is 22.8. The number of rotatable bonds is 4. The lowest BCUT2D eigenvalue weighted by atomic mass is 9.57. The Bertz CT molecular complexity index is 1440. The molecule has 2 atom stereocenters. The predicted octanol–water partition coefficient (Wildman–Crippen LogP) is 7.28. The Morgan fingerprint density at radius 1 is 1.03 bits per heavy atom. The number of esters is 1. The number of benzene rings is 2. The molecule has 0 unspecified atom stereocenters. The Labute approximate surface area is 223 Å². The molecule has 2 aliphatic carbocycles. The lowest BCUT2D eigenvalue weighted by molar-refractivity contribution is -0.158. The van der Waals surface area contributed by atoms with E-state index in [9.17, 15) is 14.7 Å². The number of fused-ring (bicyclic) bond motifs is 7. The molecule has 1 N–H and O–H groups in total. The number of carbonyl (C=O) groups excluding carboxylic acids is 1. The maximum absolute atomic E-state index is 13.1. The molecule has 6 nitrogen and oxygen atoms in total. The summed E-state index contributed by atoms with van der Waals surface area (Å²) < 4.78 is 13.5. The van der Waals surface area contributed by atoms with Gasteiger partial charge in [0.2, 0.25) is 0 Å². The highest BCUT2D eigenvalue weighted by atomic mass is 16.6. The third-order valence-corrected chi connectivity index (χ3v) is 9.05. The van der Waals surface area contributed by atoms with Gasteiger partial charge < -0.3 is 19.1 Å². The molecule has 6 rings (SSSR count). The van der Waals surface area contributed by atoms with Crippen LogP contribution < -0.4 is 4.74 Å². The second kappa shape index (κ2) is 8.89. The van der Waals surface area contributed by atoms with Gasteiger partial charge in [-0.1, -0.05) is 25.3 Å². The average Bonchev–Trinajstić information content (AvgIpc) is 3.14. The molecule has 3 aromatic rings. The summed E-state index contributed by atoms with van der Waals surface area (Å²) in [7, 11) is 1.66. The smallest absolute Gasteiger partial charge is 0.338 e. The number of aromatic nitrogens is 1. The van der Waals surface area contributed by atoms with Crippen LogP contribution in [0.25, 0.3) is 22.2 Å². The van der Waals surface area contributed by atoms with Gasteiger partial charge in [-0.2, -0.15) is 0 Å². The molecular weight excluding hydrogens is 478 g/mol. The molecule has 0 radical (unpaired) electrons. The molecule has 0 bridgehead atoms. The van der Waals surface area contributed by atoms with Crippen molar-refractivity contribution in [2.75, 3.05) is 7.11 Å². The third-order valence-electron chi connectivity index (χ3n) is 9.05. The number of hydrogen-bond donors (Lipinski definition) is 1. The van der Waals surface area contributed by atoms with Gasteiger partial charge in [0.1, 0.15) is 11.4 Å². The van der Waals surface area contributed by atoms with Crippen LogP contribution in [0.2, 0.25) is 0 Å². The van der Waals surface area contributed by atoms with Gasteiger partial charge in [-0.3, -0.25) is 4.79 Å². The number of ether oxygens (including phenoxy) is 2. The summed E-state index contributed by atoms with van der Waals surface area (Å²) >= 11 is 0. The number of hydrogen-bond acceptors (Lipinski definition) is 4. The molecule has 1 aliphatic heterocycles. The molecule has 38 heavy (non-hydrogen) atoms. The first-order valence-electron chi connectivity index (χ1n) is 13.9. The summed E-state index contributed by atoms with van der Waals surface area (Å²) in [5.74, 6) is -0.0253. The van der Waals surface area contributed by atoms with Gasteiger partial charge in [-0.05, 0) is 93.8 Å². The van der Waals surface area contributed by atoms with Crippen molar-refractivity contribution in [3.05, 3.63) is 53.1 Å². The minimum atomic E-state index is -0.885. The largest absolute Gasteiger partial charge is 0.497 e. The standard InChI is InChI=1S/C32H37NO5/c1-31(2,3)38-29(34)20-10-12-23-26(16-20)33-18-32(30(35)36)15-14-25(32)24-17-21(37-4)11-13-22(24)28(33)27(23)19-8-6-5-7-9-19/h10-13,16-17,19,25H,5-9,14-15,18H2,1-4H3,(H,35,36)/t25-,32-/m1/s1. The molecule has 0 spiro atoms. The van der Waals surface area contributed by atoms with Crippen molar-refractivity contribution in [3.63, 3.8) is 0 Å². The molecule has 1 aromatic heterocycles. The van der Waals surface area contributed by atoms with Crippen molar-refractivity contribution in [1.82, 2.24) is 4.57 Å². The van der Waals surface area contributed by atoms with Crippen molar-refractivity contribution < 1.29 is 24.2 Å². The first kappa shape index (κ1) is 25.0. The topological polar surface area (TPSA) is 77.8 Å². The molecule has 0 saturated heterocycles. The molecular formula is C32H37NO5. The van der Waals surface area contributed by atoms with Crippen LogP contribution in [0.15, 0.2) is 36.4 Å². The van der Waals surface area contributed by atoms with E-state index in [0.29, 0.717) is 24.4 Å². The zero-order chi connectivity index (χ0) is 26.8. The predicted molar refractivity (Wildman–Crippen MR) is 147 cm³/mol. The molecule has 2 saturated carbocycles. The van der Waals surface area contributed by atoms with Gasteiger partial charge in [-0.15, -0.1) is 0 Å². The Balaban J connectivity index is 1.65. The van der Waals surface area contributed by atoms with E-state index in [-0.39, 0.29) is 11.9 Å². The van der Waals surface area contributed by atoms with E-state index >= 15 is 0 Å². The summed E-state index contributed by atoms with van der Waals surface area (Å²) in [6.07, 6.45) is 7.38. The third kappa shape index (κ3) is 3.83. The second-order valence-corrected chi connectivity index (χ2v) is 12.4. The van der Waals surface area contributed by atoms with Crippen LogP contribution in [-0.4, -0.2) is 34.3 Å². The van der Waals surface area contributed by atoms with Crippen molar-refractivity contribution >= 4 is 22.8 Å².